The summed E-state index contributed by atoms with van der Waals surface area (Å²) in [7, 11) is 3.55. The van der Waals surface area contributed by atoms with Crippen molar-refractivity contribution in [2.24, 2.45) is 7.05 Å². The van der Waals surface area contributed by atoms with Crippen LogP contribution in [0, 0.1) is 6.92 Å². The molecule has 4 heterocycles. The molecule has 0 radical (unpaired) electrons. The number of hydrogen-bond acceptors (Lipinski definition) is 5. The molecule has 0 aromatic carbocycles. The Morgan fingerprint density at radius 1 is 1.31 bits per heavy atom. The van der Waals surface area contributed by atoms with Crippen LogP contribution in [0.5, 0.6) is 0 Å². The third kappa shape index (κ3) is 2.71. The predicted octanol–water partition coefficient (Wildman–Crippen LogP) is 1.67. The van der Waals surface area contributed by atoms with Gasteiger partial charge in [-0.15, -0.1) is 0 Å². The number of aryl methyl sites for hydroxylation is 2. The molecule has 8 nitrogen and oxygen atoms in total. The summed E-state index contributed by atoms with van der Waals surface area (Å²) < 4.78 is 3.75. The van der Waals surface area contributed by atoms with Gasteiger partial charge in [0.05, 0.1) is 22.8 Å². The number of carbonyl (C=O) groups is 1. The topological polar surface area (TPSA) is 80.9 Å². The predicted molar refractivity (Wildman–Crippen MR) is 99.3 cm³/mol. The van der Waals surface area contributed by atoms with E-state index in [2.05, 4.69) is 31.5 Å². The van der Waals surface area contributed by atoms with Crippen molar-refractivity contribution < 1.29 is 4.79 Å². The van der Waals surface area contributed by atoms with E-state index in [1.807, 2.05) is 35.7 Å². The van der Waals surface area contributed by atoms with Gasteiger partial charge in [-0.1, -0.05) is 0 Å². The number of fused-ring (bicyclic) bond motifs is 1. The van der Waals surface area contributed by atoms with Crippen molar-refractivity contribution in [3.8, 4) is 0 Å². The molecule has 1 saturated heterocycles. The van der Waals surface area contributed by atoms with Gasteiger partial charge in [-0.25, -0.2) is 4.98 Å². The third-order valence-electron chi connectivity index (χ3n) is 5.06. The maximum atomic E-state index is 11.8. The second kappa shape index (κ2) is 6.44. The Kier molecular flexibility index (Phi) is 4.10. The number of aromatic nitrogens is 5. The van der Waals surface area contributed by atoms with Crippen LogP contribution >= 0.6 is 0 Å². The van der Waals surface area contributed by atoms with Gasteiger partial charge in [0.1, 0.15) is 5.69 Å². The van der Waals surface area contributed by atoms with Crippen LogP contribution in [0.1, 0.15) is 35.1 Å². The van der Waals surface area contributed by atoms with E-state index in [0.29, 0.717) is 5.69 Å². The minimum absolute atomic E-state index is 0.154. The molecular formula is C18H23N7O. The molecule has 0 bridgehead atoms. The van der Waals surface area contributed by atoms with E-state index in [-0.39, 0.29) is 11.9 Å². The molecule has 1 N–H and O–H groups in total. The first-order chi connectivity index (χ1) is 12.6. The van der Waals surface area contributed by atoms with Gasteiger partial charge in [0.2, 0.25) is 0 Å². The van der Waals surface area contributed by atoms with E-state index in [4.69, 9.17) is 0 Å². The molecule has 1 aliphatic heterocycles. The van der Waals surface area contributed by atoms with Crippen molar-refractivity contribution in [3.05, 3.63) is 35.9 Å². The van der Waals surface area contributed by atoms with Crippen LogP contribution in [0.25, 0.3) is 11.0 Å². The Hall–Kier alpha value is -2.90. The average molecular weight is 353 g/mol. The Labute approximate surface area is 151 Å². The van der Waals surface area contributed by atoms with Crippen LogP contribution in [-0.4, -0.2) is 50.6 Å². The second-order valence-corrected chi connectivity index (χ2v) is 6.74. The summed E-state index contributed by atoms with van der Waals surface area (Å²) in [5.41, 5.74) is 3.53. The first kappa shape index (κ1) is 16.6. The van der Waals surface area contributed by atoms with Gasteiger partial charge in [-0.3, -0.25) is 14.2 Å². The molecule has 8 heteroatoms. The third-order valence-corrected chi connectivity index (χ3v) is 5.06. The zero-order valence-electron chi connectivity index (χ0n) is 15.3. The van der Waals surface area contributed by atoms with Gasteiger partial charge < -0.3 is 10.2 Å². The molecule has 0 saturated carbocycles. The quantitative estimate of drug-likeness (QED) is 0.775. The molecule has 3 aromatic rings. The molecule has 4 rings (SSSR count). The van der Waals surface area contributed by atoms with Crippen molar-refractivity contribution in [1.29, 1.82) is 0 Å². The summed E-state index contributed by atoms with van der Waals surface area (Å²) >= 11 is 0. The van der Waals surface area contributed by atoms with Gasteiger partial charge in [0.15, 0.2) is 5.65 Å². The summed E-state index contributed by atoms with van der Waals surface area (Å²) in [5, 5.41) is 12.7. The highest BCUT2D eigenvalue weighted by Gasteiger charge is 2.25. The zero-order chi connectivity index (χ0) is 18.3. The van der Waals surface area contributed by atoms with Crippen LogP contribution in [0.2, 0.25) is 0 Å². The Morgan fingerprint density at radius 2 is 2.15 bits per heavy atom. The molecule has 1 atom stereocenters. The van der Waals surface area contributed by atoms with Crippen LogP contribution < -0.4 is 10.2 Å². The smallest absolute Gasteiger partial charge is 0.271 e. The fourth-order valence-electron chi connectivity index (χ4n) is 3.80. The van der Waals surface area contributed by atoms with Crippen LogP contribution in [0.15, 0.2) is 24.5 Å². The molecule has 0 aliphatic carbocycles. The zero-order valence-corrected chi connectivity index (χ0v) is 15.3. The lowest BCUT2D eigenvalue weighted by Gasteiger charge is -2.34. The summed E-state index contributed by atoms with van der Waals surface area (Å²) in [6.45, 7) is 3.87. The summed E-state index contributed by atoms with van der Waals surface area (Å²) in [6.07, 6.45) is 5.87. The number of pyridine rings is 1. The number of amides is 1. The van der Waals surface area contributed by atoms with Gasteiger partial charge in [-0.2, -0.15) is 10.2 Å². The van der Waals surface area contributed by atoms with Crippen molar-refractivity contribution in [2.45, 2.75) is 25.8 Å². The monoisotopic (exact) mass is 353 g/mol. The van der Waals surface area contributed by atoms with Crippen molar-refractivity contribution in [3.63, 3.8) is 0 Å². The SMILES string of the molecule is CNC(=O)c1ccn(C2CCCN(c3ccnc4c3c(C)nn4C)C2)n1. The fraction of sp³-hybridized carbons (Fsp3) is 0.444. The van der Waals surface area contributed by atoms with Crippen molar-refractivity contribution >= 4 is 22.6 Å². The highest BCUT2D eigenvalue weighted by molar-refractivity contribution is 5.92. The molecular weight excluding hydrogens is 330 g/mol. The molecule has 3 aromatic heterocycles. The number of piperidine rings is 1. The number of nitrogens with zero attached hydrogens (tertiary/aromatic N) is 6. The number of carbonyl (C=O) groups excluding carboxylic acids is 1. The minimum atomic E-state index is -0.154. The van der Waals surface area contributed by atoms with Gasteiger partial charge >= 0.3 is 0 Å². The normalized spacial score (nSPS) is 17.7. The lowest BCUT2D eigenvalue weighted by molar-refractivity contribution is 0.0957. The number of hydrogen-bond donors (Lipinski definition) is 1. The maximum Gasteiger partial charge on any atom is 0.271 e. The van der Waals surface area contributed by atoms with Crippen LogP contribution in [-0.2, 0) is 7.05 Å². The standard InChI is InChI=1S/C18H23N7O/c1-12-16-15(6-8-20-17(16)23(3)21-12)24-9-4-5-13(11-24)25-10-7-14(22-25)18(26)19-2/h6-8,10,13H,4-5,9,11H2,1-3H3,(H,19,26). The first-order valence-electron chi connectivity index (χ1n) is 8.89. The van der Waals surface area contributed by atoms with Crippen molar-refractivity contribution in [2.75, 3.05) is 25.0 Å². The first-order valence-corrected chi connectivity index (χ1v) is 8.89. The van der Waals surface area contributed by atoms with E-state index >= 15 is 0 Å². The fourth-order valence-corrected chi connectivity index (χ4v) is 3.80. The molecule has 0 spiro atoms. The second-order valence-electron chi connectivity index (χ2n) is 6.74. The van der Waals surface area contributed by atoms with Gasteiger partial charge in [0, 0.05) is 39.6 Å². The minimum Gasteiger partial charge on any atom is -0.369 e. The highest BCUT2D eigenvalue weighted by Crippen LogP contribution is 2.32. The molecule has 1 amide bonds. The molecule has 26 heavy (non-hydrogen) atoms. The Morgan fingerprint density at radius 3 is 2.96 bits per heavy atom. The Balaban J connectivity index is 1.63. The molecule has 1 aliphatic rings. The largest absolute Gasteiger partial charge is 0.369 e. The number of anilines is 1. The summed E-state index contributed by atoms with van der Waals surface area (Å²) in [4.78, 5) is 18.6. The van der Waals surface area contributed by atoms with E-state index in [1.54, 1.807) is 13.1 Å². The van der Waals surface area contributed by atoms with Gasteiger partial charge in [-0.05, 0) is 31.9 Å². The van der Waals surface area contributed by atoms with Crippen LogP contribution in [0.3, 0.4) is 0 Å². The highest BCUT2D eigenvalue weighted by atomic mass is 16.1. The molecule has 1 fully saturated rings. The number of rotatable bonds is 3. The van der Waals surface area contributed by atoms with E-state index < -0.39 is 0 Å². The Bertz CT molecular complexity index is 958. The number of nitrogens with one attached hydrogen (secondary N) is 1. The van der Waals surface area contributed by atoms with E-state index in [0.717, 1.165) is 42.7 Å². The summed E-state index contributed by atoms with van der Waals surface area (Å²) in [6, 6.07) is 4.08. The van der Waals surface area contributed by atoms with E-state index in [9.17, 15) is 4.79 Å². The van der Waals surface area contributed by atoms with Crippen LogP contribution in [0.4, 0.5) is 5.69 Å². The summed E-state index contributed by atoms with van der Waals surface area (Å²) in [5.74, 6) is -0.154. The molecule has 136 valence electrons. The maximum absolute atomic E-state index is 11.8. The van der Waals surface area contributed by atoms with Crippen molar-refractivity contribution in [1.82, 2.24) is 29.9 Å². The average Bonchev–Trinajstić information content (AvgIpc) is 3.27. The van der Waals surface area contributed by atoms with E-state index in [1.165, 1.54) is 5.69 Å². The lowest BCUT2D eigenvalue weighted by Crippen LogP contribution is -2.37. The van der Waals surface area contributed by atoms with Gasteiger partial charge in [0.25, 0.3) is 5.91 Å². The lowest BCUT2D eigenvalue weighted by atomic mass is 10.0. The molecule has 1 unspecified atom stereocenters.